The van der Waals surface area contributed by atoms with E-state index in [0.29, 0.717) is 10.5 Å². The predicted octanol–water partition coefficient (Wildman–Crippen LogP) is 2.95. The molecule has 4 amide bonds. The van der Waals surface area contributed by atoms with Crippen LogP contribution in [0, 0.1) is 0 Å². The van der Waals surface area contributed by atoms with Crippen LogP contribution in [-0.2, 0) is 4.79 Å². The first-order valence-corrected chi connectivity index (χ1v) is 5.83. The molecule has 2 rings (SSSR count). The molecule has 1 unspecified atom stereocenters. The topological polar surface area (TPSA) is 66.5 Å². The Morgan fingerprint density at radius 1 is 1.17 bits per heavy atom. The first-order valence-electron chi connectivity index (χ1n) is 4.69. The lowest BCUT2D eigenvalue weighted by molar-refractivity contribution is -0.121. The highest BCUT2D eigenvalue weighted by Crippen LogP contribution is 2.31. The third-order valence-corrected chi connectivity index (χ3v) is 2.96. The maximum Gasteiger partial charge on any atom is 0.332 e. The first-order chi connectivity index (χ1) is 8.40. The molecule has 1 aliphatic rings. The van der Waals surface area contributed by atoms with Gasteiger partial charge in [-0.1, -0.05) is 23.2 Å². The van der Waals surface area contributed by atoms with E-state index in [1.807, 2.05) is 5.32 Å². The summed E-state index contributed by atoms with van der Waals surface area (Å²) in [6.07, 6.45) is 0. The monoisotopic (exact) mass is 306 g/mol. The van der Waals surface area contributed by atoms with Crippen molar-refractivity contribution < 1.29 is 14.4 Å². The van der Waals surface area contributed by atoms with Crippen LogP contribution >= 0.6 is 34.8 Å². The van der Waals surface area contributed by atoms with Crippen LogP contribution in [0.5, 0.6) is 0 Å². The molecule has 1 saturated heterocycles. The number of carbonyl (C=O) groups excluding carboxylic acids is 3. The number of amides is 4. The molecule has 0 spiro atoms. The van der Waals surface area contributed by atoms with Crippen LogP contribution in [0.2, 0.25) is 10.0 Å². The van der Waals surface area contributed by atoms with Gasteiger partial charge in [-0.25, -0.2) is 9.69 Å². The third kappa shape index (κ3) is 2.29. The van der Waals surface area contributed by atoms with Crippen molar-refractivity contribution in [2.24, 2.45) is 0 Å². The zero-order valence-electron chi connectivity index (χ0n) is 8.62. The van der Waals surface area contributed by atoms with Gasteiger partial charge in [0.2, 0.25) is 0 Å². The van der Waals surface area contributed by atoms with Gasteiger partial charge in [-0.15, -0.1) is 0 Å². The Kier molecular flexibility index (Phi) is 3.47. The summed E-state index contributed by atoms with van der Waals surface area (Å²) < 4.78 is 0. The van der Waals surface area contributed by atoms with Crippen molar-refractivity contribution in [2.75, 3.05) is 0 Å². The number of nitrogens with one attached hydrogen (secondary N) is 1. The highest BCUT2D eigenvalue weighted by molar-refractivity contribution is 6.64. The van der Waals surface area contributed by atoms with Crippen LogP contribution in [0.3, 0.4) is 0 Å². The molecule has 0 aliphatic carbocycles. The smallest absolute Gasteiger partial charge is 0.275 e. The van der Waals surface area contributed by atoms with Gasteiger partial charge in [0.15, 0.2) is 0 Å². The standard InChI is InChI=1S/C10H5Cl3N2O3/c11-5-1-4(2-6(12)3-5)7-8(16)14-10(18)15(7)9(13)17/h1-3,7H,(H,14,16,18). The molecule has 5 nitrogen and oxygen atoms in total. The molecular formula is C10H5Cl3N2O3. The summed E-state index contributed by atoms with van der Waals surface area (Å²) in [7, 11) is 0. The van der Waals surface area contributed by atoms with Crippen molar-refractivity contribution >= 4 is 52.1 Å². The van der Waals surface area contributed by atoms with Gasteiger partial charge >= 0.3 is 11.4 Å². The lowest BCUT2D eigenvalue weighted by atomic mass is 10.1. The Labute approximate surface area is 117 Å². The summed E-state index contributed by atoms with van der Waals surface area (Å²) in [4.78, 5) is 34.8. The first kappa shape index (κ1) is 13.1. The number of benzene rings is 1. The van der Waals surface area contributed by atoms with Gasteiger partial charge in [0, 0.05) is 10.0 Å². The zero-order chi connectivity index (χ0) is 13.4. The lowest BCUT2D eigenvalue weighted by Crippen LogP contribution is -2.31. The number of imide groups is 2. The maximum atomic E-state index is 11.7. The van der Waals surface area contributed by atoms with Crippen molar-refractivity contribution in [2.45, 2.75) is 6.04 Å². The average Bonchev–Trinajstić information content (AvgIpc) is 2.51. The molecule has 1 heterocycles. The average molecular weight is 308 g/mol. The van der Waals surface area contributed by atoms with E-state index < -0.39 is 23.3 Å². The quantitative estimate of drug-likeness (QED) is 0.493. The number of hydrogen-bond acceptors (Lipinski definition) is 3. The molecule has 1 aromatic carbocycles. The van der Waals surface area contributed by atoms with Gasteiger partial charge in [-0.3, -0.25) is 14.9 Å². The highest BCUT2D eigenvalue weighted by atomic mass is 35.5. The summed E-state index contributed by atoms with van der Waals surface area (Å²) >= 11 is 16.9. The molecule has 1 N–H and O–H groups in total. The fourth-order valence-electron chi connectivity index (χ4n) is 1.68. The van der Waals surface area contributed by atoms with Crippen LogP contribution in [-0.4, -0.2) is 22.2 Å². The molecule has 1 aromatic rings. The van der Waals surface area contributed by atoms with Crippen molar-refractivity contribution in [3.8, 4) is 0 Å². The fourth-order valence-corrected chi connectivity index (χ4v) is 2.40. The molecule has 0 saturated carbocycles. The van der Waals surface area contributed by atoms with Crippen LogP contribution in [0.1, 0.15) is 11.6 Å². The van der Waals surface area contributed by atoms with Crippen LogP contribution in [0.25, 0.3) is 0 Å². The second kappa shape index (κ2) is 4.76. The van der Waals surface area contributed by atoms with E-state index in [2.05, 4.69) is 0 Å². The molecule has 94 valence electrons. The van der Waals surface area contributed by atoms with Gasteiger partial charge in [-0.05, 0) is 35.4 Å². The number of urea groups is 1. The Morgan fingerprint density at radius 3 is 2.22 bits per heavy atom. The van der Waals surface area contributed by atoms with E-state index in [-0.39, 0.29) is 10.0 Å². The minimum absolute atomic E-state index is 0.284. The summed E-state index contributed by atoms with van der Waals surface area (Å²) in [5.74, 6) is -0.660. The van der Waals surface area contributed by atoms with Crippen LogP contribution < -0.4 is 5.32 Å². The SMILES string of the molecule is O=C1NC(=O)N(C(=O)Cl)C1c1cc(Cl)cc(Cl)c1. The molecule has 1 aliphatic heterocycles. The normalized spacial score (nSPS) is 19.1. The highest BCUT2D eigenvalue weighted by Gasteiger charge is 2.43. The number of carbonyl (C=O) groups is 3. The molecule has 8 heteroatoms. The lowest BCUT2D eigenvalue weighted by Gasteiger charge is -2.17. The third-order valence-electron chi connectivity index (χ3n) is 2.35. The van der Waals surface area contributed by atoms with E-state index in [0.717, 1.165) is 0 Å². The summed E-state index contributed by atoms with van der Waals surface area (Å²) in [5, 5.41) is 1.50. The maximum absolute atomic E-state index is 11.7. The Morgan fingerprint density at radius 2 is 1.72 bits per heavy atom. The van der Waals surface area contributed by atoms with E-state index in [1.165, 1.54) is 18.2 Å². The summed E-state index contributed by atoms with van der Waals surface area (Å²) in [5.41, 5.74) is 0.310. The Balaban J connectivity index is 2.50. The van der Waals surface area contributed by atoms with Crippen molar-refractivity contribution in [3.63, 3.8) is 0 Å². The minimum atomic E-state index is -1.15. The molecular weight excluding hydrogens is 302 g/mol. The Bertz CT molecular complexity index is 541. The summed E-state index contributed by atoms with van der Waals surface area (Å²) in [6.45, 7) is 0. The van der Waals surface area contributed by atoms with E-state index in [1.54, 1.807) is 0 Å². The van der Waals surface area contributed by atoms with Gasteiger partial charge < -0.3 is 0 Å². The number of hydrogen-bond donors (Lipinski definition) is 1. The number of halogens is 3. The van der Waals surface area contributed by atoms with Crippen molar-refractivity contribution in [1.29, 1.82) is 0 Å². The van der Waals surface area contributed by atoms with E-state index >= 15 is 0 Å². The predicted molar refractivity (Wildman–Crippen MR) is 65.8 cm³/mol. The van der Waals surface area contributed by atoms with Crippen LogP contribution in [0.15, 0.2) is 18.2 Å². The van der Waals surface area contributed by atoms with Crippen LogP contribution in [0.4, 0.5) is 9.59 Å². The molecule has 0 bridgehead atoms. The second-order valence-corrected chi connectivity index (χ2v) is 4.72. The molecule has 0 radical (unpaired) electrons. The molecule has 18 heavy (non-hydrogen) atoms. The van der Waals surface area contributed by atoms with Crippen molar-refractivity contribution in [1.82, 2.24) is 10.2 Å². The zero-order valence-corrected chi connectivity index (χ0v) is 10.9. The van der Waals surface area contributed by atoms with Gasteiger partial charge in [0.05, 0.1) is 0 Å². The largest absolute Gasteiger partial charge is 0.332 e. The van der Waals surface area contributed by atoms with E-state index in [9.17, 15) is 14.4 Å². The second-order valence-electron chi connectivity index (χ2n) is 3.52. The fraction of sp³-hybridized carbons (Fsp3) is 0.100. The Hall–Kier alpha value is -1.30. The number of nitrogens with zero attached hydrogens (tertiary/aromatic N) is 1. The molecule has 1 atom stereocenters. The van der Waals surface area contributed by atoms with E-state index in [4.69, 9.17) is 34.8 Å². The van der Waals surface area contributed by atoms with Gasteiger partial charge in [0.1, 0.15) is 6.04 Å². The van der Waals surface area contributed by atoms with Gasteiger partial charge in [0.25, 0.3) is 5.91 Å². The number of rotatable bonds is 1. The molecule has 1 fully saturated rings. The molecule has 0 aromatic heterocycles. The summed E-state index contributed by atoms with van der Waals surface area (Å²) in [6, 6.07) is 2.31. The van der Waals surface area contributed by atoms with Gasteiger partial charge in [-0.2, -0.15) is 0 Å². The minimum Gasteiger partial charge on any atom is -0.275 e. The van der Waals surface area contributed by atoms with Crippen molar-refractivity contribution in [3.05, 3.63) is 33.8 Å².